The van der Waals surface area contributed by atoms with Crippen molar-refractivity contribution >= 4 is 0 Å². The Morgan fingerprint density at radius 3 is 2.72 bits per heavy atom. The van der Waals surface area contributed by atoms with E-state index in [0.29, 0.717) is 0 Å². The fourth-order valence-electron chi connectivity index (χ4n) is 3.69. The minimum Gasteiger partial charge on any atom is -0.312 e. The van der Waals surface area contributed by atoms with E-state index in [-0.39, 0.29) is 0 Å². The third kappa shape index (κ3) is 3.06. The van der Waals surface area contributed by atoms with E-state index >= 15 is 0 Å². The zero-order chi connectivity index (χ0) is 12.4. The third-order valence-electron chi connectivity index (χ3n) is 5.04. The maximum atomic E-state index is 3.73. The van der Waals surface area contributed by atoms with Gasteiger partial charge in [0.05, 0.1) is 0 Å². The Balaban J connectivity index is 1.54. The van der Waals surface area contributed by atoms with Gasteiger partial charge in [-0.25, -0.2) is 0 Å². The van der Waals surface area contributed by atoms with E-state index in [9.17, 15) is 0 Å². The quantitative estimate of drug-likeness (QED) is 0.802. The highest BCUT2D eigenvalue weighted by Crippen LogP contribution is 2.23. The van der Waals surface area contributed by atoms with Crippen molar-refractivity contribution in [2.45, 2.75) is 63.6 Å². The lowest BCUT2D eigenvalue weighted by atomic mass is 10.1. The molecule has 1 aliphatic carbocycles. The largest absolute Gasteiger partial charge is 0.312 e. The predicted molar refractivity (Wildman–Crippen MR) is 75.9 cm³/mol. The van der Waals surface area contributed by atoms with E-state index in [1.165, 1.54) is 71.2 Å². The minimum absolute atomic E-state index is 0.770. The van der Waals surface area contributed by atoms with Crippen molar-refractivity contribution in [1.82, 2.24) is 15.1 Å². The first kappa shape index (κ1) is 12.9. The van der Waals surface area contributed by atoms with Crippen LogP contribution in [0.5, 0.6) is 0 Å². The van der Waals surface area contributed by atoms with E-state index in [0.717, 1.165) is 18.1 Å². The summed E-state index contributed by atoms with van der Waals surface area (Å²) in [5.74, 6) is 0. The van der Waals surface area contributed by atoms with Crippen LogP contribution >= 0.6 is 0 Å². The summed E-state index contributed by atoms with van der Waals surface area (Å²) in [6.45, 7) is 8.91. The van der Waals surface area contributed by atoms with Gasteiger partial charge in [-0.2, -0.15) is 0 Å². The molecule has 2 atom stereocenters. The number of rotatable bonds is 5. The fraction of sp³-hybridized carbons (Fsp3) is 1.00. The SMILES string of the molecule is CCC(CNC1CC1)N1CCCN2CCCC2C1. The Hall–Kier alpha value is -0.120. The molecule has 18 heavy (non-hydrogen) atoms. The van der Waals surface area contributed by atoms with Crippen molar-refractivity contribution in [3.63, 3.8) is 0 Å². The molecule has 0 aromatic heterocycles. The van der Waals surface area contributed by atoms with Crippen LogP contribution in [0.2, 0.25) is 0 Å². The van der Waals surface area contributed by atoms with Crippen LogP contribution in [-0.4, -0.2) is 60.6 Å². The summed E-state index contributed by atoms with van der Waals surface area (Å²) >= 11 is 0. The van der Waals surface area contributed by atoms with Crippen LogP contribution in [-0.2, 0) is 0 Å². The Bertz CT molecular complexity index is 264. The molecule has 0 spiro atoms. The molecule has 2 unspecified atom stereocenters. The van der Waals surface area contributed by atoms with E-state index in [2.05, 4.69) is 22.0 Å². The molecule has 0 amide bonds. The zero-order valence-corrected chi connectivity index (χ0v) is 11.9. The average molecular weight is 251 g/mol. The van der Waals surface area contributed by atoms with Crippen LogP contribution < -0.4 is 5.32 Å². The van der Waals surface area contributed by atoms with Gasteiger partial charge in [0.15, 0.2) is 0 Å². The summed E-state index contributed by atoms with van der Waals surface area (Å²) in [6, 6.07) is 2.49. The second kappa shape index (κ2) is 5.89. The van der Waals surface area contributed by atoms with E-state index in [1.807, 2.05) is 0 Å². The van der Waals surface area contributed by atoms with Gasteiger partial charge in [0.25, 0.3) is 0 Å². The van der Waals surface area contributed by atoms with Crippen molar-refractivity contribution in [2.24, 2.45) is 0 Å². The van der Waals surface area contributed by atoms with Gasteiger partial charge in [-0.3, -0.25) is 9.80 Å². The summed E-state index contributed by atoms with van der Waals surface area (Å²) in [6.07, 6.45) is 8.35. The fourth-order valence-corrected chi connectivity index (χ4v) is 3.69. The second-order valence-electron chi connectivity index (χ2n) is 6.43. The highest BCUT2D eigenvalue weighted by molar-refractivity contribution is 4.89. The minimum atomic E-state index is 0.770. The number of nitrogens with one attached hydrogen (secondary N) is 1. The van der Waals surface area contributed by atoms with Gasteiger partial charge in [0.1, 0.15) is 0 Å². The molecule has 0 bridgehead atoms. The number of hydrogen-bond acceptors (Lipinski definition) is 3. The summed E-state index contributed by atoms with van der Waals surface area (Å²) < 4.78 is 0. The van der Waals surface area contributed by atoms with Gasteiger partial charge in [-0.05, 0) is 58.2 Å². The number of nitrogens with zero attached hydrogens (tertiary/aromatic N) is 2. The Kier molecular flexibility index (Phi) is 4.22. The average Bonchev–Trinajstić information content (AvgIpc) is 3.14. The first-order valence-corrected chi connectivity index (χ1v) is 8.08. The van der Waals surface area contributed by atoms with Crippen LogP contribution in [0.1, 0.15) is 45.4 Å². The maximum absolute atomic E-state index is 3.73. The summed E-state index contributed by atoms with van der Waals surface area (Å²) in [4.78, 5) is 5.52. The Labute approximate surface area is 112 Å². The molecule has 0 radical (unpaired) electrons. The molecule has 3 nitrogen and oxygen atoms in total. The van der Waals surface area contributed by atoms with E-state index < -0.39 is 0 Å². The van der Waals surface area contributed by atoms with Crippen molar-refractivity contribution < 1.29 is 0 Å². The summed E-state index contributed by atoms with van der Waals surface area (Å²) in [5.41, 5.74) is 0. The van der Waals surface area contributed by atoms with E-state index in [4.69, 9.17) is 0 Å². The highest BCUT2D eigenvalue weighted by Gasteiger charge is 2.31. The third-order valence-corrected chi connectivity index (χ3v) is 5.04. The van der Waals surface area contributed by atoms with Gasteiger partial charge in [0.2, 0.25) is 0 Å². The first-order valence-electron chi connectivity index (χ1n) is 8.08. The Morgan fingerprint density at radius 2 is 1.94 bits per heavy atom. The van der Waals surface area contributed by atoms with Gasteiger partial charge >= 0.3 is 0 Å². The monoisotopic (exact) mass is 251 g/mol. The van der Waals surface area contributed by atoms with Crippen LogP contribution in [0.25, 0.3) is 0 Å². The molecule has 104 valence electrons. The standard InChI is InChI=1S/C15H29N3/c1-2-14(11-16-13-6-7-13)18-10-4-9-17-8-3-5-15(17)12-18/h13-16H,2-12H2,1H3. The Morgan fingerprint density at radius 1 is 1.11 bits per heavy atom. The molecular weight excluding hydrogens is 222 g/mol. The molecule has 2 saturated heterocycles. The predicted octanol–water partition coefficient (Wildman–Crippen LogP) is 1.69. The van der Waals surface area contributed by atoms with Crippen molar-refractivity contribution in [3.8, 4) is 0 Å². The molecule has 3 aliphatic rings. The summed E-state index contributed by atoms with van der Waals surface area (Å²) in [5, 5.41) is 3.73. The number of hydrogen-bond donors (Lipinski definition) is 1. The molecular formula is C15H29N3. The molecule has 2 aliphatic heterocycles. The van der Waals surface area contributed by atoms with Crippen LogP contribution in [0.15, 0.2) is 0 Å². The van der Waals surface area contributed by atoms with Gasteiger partial charge in [-0.1, -0.05) is 6.92 Å². The maximum Gasteiger partial charge on any atom is 0.0223 e. The first-order chi connectivity index (χ1) is 8.86. The molecule has 0 aromatic carbocycles. The van der Waals surface area contributed by atoms with Crippen LogP contribution in [0, 0.1) is 0 Å². The molecule has 2 heterocycles. The van der Waals surface area contributed by atoms with Crippen molar-refractivity contribution in [3.05, 3.63) is 0 Å². The lowest BCUT2D eigenvalue weighted by Crippen LogP contribution is -2.46. The zero-order valence-electron chi connectivity index (χ0n) is 11.9. The van der Waals surface area contributed by atoms with E-state index in [1.54, 1.807) is 0 Å². The van der Waals surface area contributed by atoms with Gasteiger partial charge in [0, 0.05) is 31.2 Å². The lowest BCUT2D eigenvalue weighted by Gasteiger charge is -2.32. The molecule has 1 N–H and O–H groups in total. The van der Waals surface area contributed by atoms with Crippen molar-refractivity contribution in [2.75, 3.05) is 32.7 Å². The van der Waals surface area contributed by atoms with Gasteiger partial charge in [-0.15, -0.1) is 0 Å². The van der Waals surface area contributed by atoms with Crippen LogP contribution in [0.3, 0.4) is 0 Å². The smallest absolute Gasteiger partial charge is 0.0223 e. The van der Waals surface area contributed by atoms with Gasteiger partial charge < -0.3 is 5.32 Å². The number of fused-ring (bicyclic) bond motifs is 1. The molecule has 1 saturated carbocycles. The molecule has 3 rings (SSSR count). The topological polar surface area (TPSA) is 18.5 Å². The van der Waals surface area contributed by atoms with Crippen molar-refractivity contribution in [1.29, 1.82) is 0 Å². The highest BCUT2D eigenvalue weighted by atomic mass is 15.3. The molecule has 3 fully saturated rings. The molecule has 3 heteroatoms. The van der Waals surface area contributed by atoms with Crippen LogP contribution in [0.4, 0.5) is 0 Å². The summed E-state index contributed by atoms with van der Waals surface area (Å²) in [7, 11) is 0. The molecule has 0 aromatic rings. The second-order valence-corrected chi connectivity index (χ2v) is 6.43. The normalized spacial score (nSPS) is 32.2. The lowest BCUT2D eigenvalue weighted by molar-refractivity contribution is 0.165.